The van der Waals surface area contributed by atoms with Crippen molar-refractivity contribution in [3.05, 3.63) is 46.6 Å². The van der Waals surface area contributed by atoms with Gasteiger partial charge >= 0.3 is 11.8 Å². The van der Waals surface area contributed by atoms with Crippen LogP contribution in [0.4, 0.5) is 11.5 Å². The number of carbonyl (C=O) groups is 2. The van der Waals surface area contributed by atoms with Gasteiger partial charge in [0.1, 0.15) is 5.82 Å². The number of likely N-dealkylation sites (tertiary alicyclic amines) is 2. The van der Waals surface area contributed by atoms with Gasteiger partial charge in [-0.25, -0.2) is 9.97 Å². The molecule has 0 spiro atoms. The van der Waals surface area contributed by atoms with Crippen molar-refractivity contribution < 1.29 is 9.59 Å². The standard InChI is InChI=1S/C30H40N6O2S/c1-5-20-12-23(15-32-28(20)31)33-29(37)30(38)36-16-18(2)6-8-25(36)22-7-9-26-24(13-22)34-27(39-26)14-21-10-11-35(4)17-19(21)3/h7,9,12-13,15,18-19,21,25H,5-6,8,10-11,14,16-17H2,1-4H3,(H2,31,32)(H,33,37)/t18-,19-,21+,25+/m0/s1. The number of nitrogens with zero attached hydrogens (tertiary/aromatic N) is 4. The molecule has 2 aromatic heterocycles. The minimum atomic E-state index is -0.646. The van der Waals surface area contributed by atoms with E-state index >= 15 is 0 Å². The van der Waals surface area contributed by atoms with Crippen LogP contribution in [0.2, 0.25) is 0 Å². The van der Waals surface area contributed by atoms with E-state index < -0.39 is 11.8 Å². The number of thiazole rings is 1. The van der Waals surface area contributed by atoms with Crippen LogP contribution >= 0.6 is 11.3 Å². The van der Waals surface area contributed by atoms with Gasteiger partial charge in [-0.2, -0.15) is 0 Å². The Balaban J connectivity index is 1.33. The predicted octanol–water partition coefficient (Wildman–Crippen LogP) is 4.90. The van der Waals surface area contributed by atoms with E-state index in [4.69, 9.17) is 10.7 Å². The van der Waals surface area contributed by atoms with Crippen LogP contribution in [0.5, 0.6) is 0 Å². The molecule has 2 amide bonds. The maximum Gasteiger partial charge on any atom is 0.313 e. The average molecular weight is 549 g/mol. The second-order valence-corrected chi connectivity index (χ2v) is 12.7. The molecule has 1 aromatic carbocycles. The zero-order chi connectivity index (χ0) is 27.7. The van der Waals surface area contributed by atoms with Crippen molar-refractivity contribution >= 4 is 44.9 Å². The van der Waals surface area contributed by atoms with Crippen LogP contribution in [0, 0.1) is 17.8 Å². The molecule has 39 heavy (non-hydrogen) atoms. The molecule has 2 aliphatic rings. The Morgan fingerprint density at radius 3 is 2.74 bits per heavy atom. The quantitative estimate of drug-likeness (QED) is 0.439. The molecule has 2 fully saturated rings. The monoisotopic (exact) mass is 548 g/mol. The van der Waals surface area contributed by atoms with Crippen molar-refractivity contribution in [2.45, 2.75) is 58.9 Å². The van der Waals surface area contributed by atoms with E-state index in [0.29, 0.717) is 42.2 Å². The minimum Gasteiger partial charge on any atom is -0.383 e. The molecular formula is C30H40N6O2S. The molecule has 4 atom stereocenters. The van der Waals surface area contributed by atoms with Crippen LogP contribution in [-0.2, 0) is 22.4 Å². The molecule has 8 nitrogen and oxygen atoms in total. The van der Waals surface area contributed by atoms with Crippen LogP contribution in [0.15, 0.2) is 30.5 Å². The highest BCUT2D eigenvalue weighted by Crippen LogP contribution is 2.36. The fraction of sp³-hybridized carbons (Fsp3) is 0.533. The summed E-state index contributed by atoms with van der Waals surface area (Å²) in [6.45, 7) is 9.30. The number of aromatic nitrogens is 2. The molecule has 0 saturated carbocycles. The fourth-order valence-electron chi connectivity index (χ4n) is 6.13. The van der Waals surface area contributed by atoms with Gasteiger partial charge < -0.3 is 20.9 Å². The van der Waals surface area contributed by atoms with E-state index in [-0.39, 0.29) is 6.04 Å². The summed E-state index contributed by atoms with van der Waals surface area (Å²) in [5, 5.41) is 3.94. The second-order valence-electron chi connectivity index (χ2n) is 11.6. The first-order chi connectivity index (χ1) is 18.7. The molecule has 0 bridgehead atoms. The van der Waals surface area contributed by atoms with Crippen molar-refractivity contribution in [2.24, 2.45) is 17.8 Å². The summed E-state index contributed by atoms with van der Waals surface area (Å²) in [7, 11) is 2.20. The number of carbonyl (C=O) groups excluding carboxylic acids is 2. The summed E-state index contributed by atoms with van der Waals surface area (Å²) in [6, 6.07) is 8.00. The number of anilines is 2. The molecule has 3 N–H and O–H groups in total. The number of hydrogen-bond donors (Lipinski definition) is 2. The average Bonchev–Trinajstić information content (AvgIpc) is 3.32. The second kappa shape index (κ2) is 11.6. The molecule has 3 aromatic rings. The lowest BCUT2D eigenvalue weighted by molar-refractivity contribution is -0.146. The van der Waals surface area contributed by atoms with Crippen LogP contribution in [0.3, 0.4) is 0 Å². The van der Waals surface area contributed by atoms with E-state index in [1.165, 1.54) is 22.3 Å². The predicted molar refractivity (Wildman–Crippen MR) is 158 cm³/mol. The van der Waals surface area contributed by atoms with Crippen LogP contribution < -0.4 is 11.1 Å². The van der Waals surface area contributed by atoms with Gasteiger partial charge in [0.2, 0.25) is 0 Å². The molecule has 0 radical (unpaired) electrons. The number of pyridine rings is 1. The van der Waals surface area contributed by atoms with Gasteiger partial charge in [0, 0.05) is 19.5 Å². The number of amides is 2. The number of benzene rings is 1. The zero-order valence-corrected chi connectivity index (χ0v) is 24.3. The number of aryl methyl sites for hydroxylation is 1. The number of nitrogen functional groups attached to an aromatic ring is 1. The Labute approximate surface area is 235 Å². The molecular weight excluding hydrogens is 508 g/mol. The Hall–Kier alpha value is -3.04. The van der Waals surface area contributed by atoms with Gasteiger partial charge in [-0.1, -0.05) is 26.8 Å². The van der Waals surface area contributed by atoms with Crippen LogP contribution in [0.1, 0.15) is 62.2 Å². The molecule has 5 rings (SSSR count). The molecule has 9 heteroatoms. The van der Waals surface area contributed by atoms with E-state index in [1.807, 2.05) is 6.92 Å². The number of fused-ring (bicyclic) bond motifs is 1. The lowest BCUT2D eigenvalue weighted by atomic mass is 9.85. The first-order valence-electron chi connectivity index (χ1n) is 14.2. The number of rotatable bonds is 5. The highest BCUT2D eigenvalue weighted by atomic mass is 32.1. The van der Waals surface area contributed by atoms with E-state index in [9.17, 15) is 9.59 Å². The summed E-state index contributed by atoms with van der Waals surface area (Å²) in [4.78, 5) is 39.8. The van der Waals surface area contributed by atoms with Gasteiger partial charge in [-0.15, -0.1) is 11.3 Å². The third kappa shape index (κ3) is 6.09. The van der Waals surface area contributed by atoms with E-state index in [0.717, 1.165) is 49.0 Å². The summed E-state index contributed by atoms with van der Waals surface area (Å²) >= 11 is 1.78. The summed E-state index contributed by atoms with van der Waals surface area (Å²) in [5.74, 6) is 0.933. The number of nitrogens with two attached hydrogens (primary N) is 1. The summed E-state index contributed by atoms with van der Waals surface area (Å²) < 4.78 is 1.18. The zero-order valence-electron chi connectivity index (χ0n) is 23.4. The van der Waals surface area contributed by atoms with Gasteiger partial charge in [0.05, 0.1) is 33.2 Å². The van der Waals surface area contributed by atoms with Crippen molar-refractivity contribution in [3.8, 4) is 0 Å². The number of piperidine rings is 2. The number of hydrogen-bond acceptors (Lipinski definition) is 7. The van der Waals surface area contributed by atoms with E-state index in [2.05, 4.69) is 54.3 Å². The third-order valence-corrected chi connectivity index (χ3v) is 9.54. The normalized spacial score (nSPS) is 24.2. The number of nitrogens with one attached hydrogen (secondary N) is 1. The smallest absolute Gasteiger partial charge is 0.313 e. The molecule has 2 aliphatic heterocycles. The van der Waals surface area contributed by atoms with Gasteiger partial charge in [0.15, 0.2) is 0 Å². The van der Waals surface area contributed by atoms with Gasteiger partial charge in [-0.3, -0.25) is 9.59 Å². The lowest BCUT2D eigenvalue weighted by Gasteiger charge is -2.38. The Morgan fingerprint density at radius 2 is 1.97 bits per heavy atom. The molecule has 2 saturated heterocycles. The van der Waals surface area contributed by atoms with Crippen molar-refractivity contribution in [2.75, 3.05) is 37.7 Å². The Morgan fingerprint density at radius 1 is 1.15 bits per heavy atom. The topological polar surface area (TPSA) is 104 Å². The third-order valence-electron chi connectivity index (χ3n) is 8.48. The van der Waals surface area contributed by atoms with Crippen molar-refractivity contribution in [3.63, 3.8) is 0 Å². The molecule has 0 unspecified atom stereocenters. The first-order valence-corrected chi connectivity index (χ1v) is 15.0. The maximum absolute atomic E-state index is 13.4. The largest absolute Gasteiger partial charge is 0.383 e. The van der Waals surface area contributed by atoms with Crippen molar-refractivity contribution in [1.29, 1.82) is 0 Å². The summed E-state index contributed by atoms with van der Waals surface area (Å²) in [6.07, 6.45) is 6.25. The molecule has 4 heterocycles. The Kier molecular flexibility index (Phi) is 8.19. The van der Waals surface area contributed by atoms with Gasteiger partial charge in [-0.05, 0) is 86.4 Å². The fourth-order valence-corrected chi connectivity index (χ4v) is 7.17. The Bertz CT molecular complexity index is 1360. The minimum absolute atomic E-state index is 0.154. The lowest BCUT2D eigenvalue weighted by Crippen LogP contribution is -2.46. The highest BCUT2D eigenvalue weighted by Gasteiger charge is 2.34. The molecule has 208 valence electrons. The van der Waals surface area contributed by atoms with Gasteiger partial charge in [0.25, 0.3) is 0 Å². The maximum atomic E-state index is 13.4. The first kappa shape index (κ1) is 27.5. The SMILES string of the molecule is CCc1cc(NC(=O)C(=O)N2C[C@@H](C)CC[C@@H]2c2ccc3sc(C[C@H]4CCN(C)C[C@@H]4C)nc3c2)cnc1N. The van der Waals surface area contributed by atoms with E-state index in [1.54, 1.807) is 22.3 Å². The van der Waals surface area contributed by atoms with Crippen LogP contribution in [-0.4, -0.2) is 58.3 Å². The van der Waals surface area contributed by atoms with Crippen molar-refractivity contribution in [1.82, 2.24) is 19.8 Å². The van der Waals surface area contributed by atoms with Crippen LogP contribution in [0.25, 0.3) is 10.2 Å². The summed E-state index contributed by atoms with van der Waals surface area (Å²) in [5.41, 5.74) is 9.25. The molecule has 0 aliphatic carbocycles. The highest BCUT2D eigenvalue weighted by molar-refractivity contribution is 7.18.